The molecule has 0 radical (unpaired) electrons. The van der Waals surface area contributed by atoms with Crippen molar-refractivity contribution < 1.29 is 22.3 Å². The van der Waals surface area contributed by atoms with E-state index in [1.54, 1.807) is 0 Å². The molecular weight excluding hydrogens is 361 g/mol. The van der Waals surface area contributed by atoms with Gasteiger partial charge in [-0.2, -0.15) is 17.0 Å². The quantitative estimate of drug-likeness (QED) is 0.759. The summed E-state index contributed by atoms with van der Waals surface area (Å²) in [5, 5.41) is 0.0877. The molecule has 0 spiro atoms. The highest BCUT2D eigenvalue weighted by Crippen LogP contribution is 2.24. The monoisotopic (exact) mass is 379 g/mol. The molecule has 1 aliphatic heterocycles. The van der Waals surface area contributed by atoms with Crippen molar-refractivity contribution >= 4 is 27.7 Å². The fourth-order valence-corrected chi connectivity index (χ4v) is 3.53. The fourth-order valence-electron chi connectivity index (χ4n) is 2.22. The maximum Gasteiger partial charge on any atom is 0.281 e. The normalized spacial score (nSPS) is 16.5. The molecule has 0 aromatic heterocycles. The van der Waals surface area contributed by atoms with Gasteiger partial charge in [0.15, 0.2) is 6.61 Å². The first-order chi connectivity index (χ1) is 11.2. The molecule has 0 atom stereocenters. The Morgan fingerprint density at radius 3 is 2.46 bits per heavy atom. The highest BCUT2D eigenvalue weighted by molar-refractivity contribution is 7.86. The molecule has 1 fully saturated rings. The summed E-state index contributed by atoms with van der Waals surface area (Å²) in [4.78, 5) is 13.7. The van der Waals surface area contributed by atoms with Gasteiger partial charge in [0, 0.05) is 40.3 Å². The van der Waals surface area contributed by atoms with Crippen LogP contribution in [0.3, 0.4) is 0 Å². The molecule has 0 aliphatic carbocycles. The van der Waals surface area contributed by atoms with Crippen LogP contribution in [0.25, 0.3) is 0 Å². The summed E-state index contributed by atoms with van der Waals surface area (Å²) in [6.45, 7) is 0.776. The summed E-state index contributed by atoms with van der Waals surface area (Å²) in [6.07, 6.45) is 0. The molecule has 7 nitrogen and oxygen atoms in total. The van der Waals surface area contributed by atoms with Crippen molar-refractivity contribution in [2.45, 2.75) is 0 Å². The van der Waals surface area contributed by atoms with Gasteiger partial charge in [-0.05, 0) is 18.2 Å². The van der Waals surface area contributed by atoms with Crippen molar-refractivity contribution in [1.29, 1.82) is 0 Å². The Kier molecular flexibility index (Phi) is 6.02. The lowest BCUT2D eigenvalue weighted by Crippen LogP contribution is -2.53. The third kappa shape index (κ3) is 4.35. The average molecular weight is 380 g/mol. The second-order valence-corrected chi connectivity index (χ2v) is 7.98. The number of amides is 1. The number of hydrogen-bond acceptors (Lipinski definition) is 4. The minimum absolute atomic E-state index is 0.0877. The van der Waals surface area contributed by atoms with Gasteiger partial charge in [-0.15, -0.1) is 0 Å². The number of hydrogen-bond donors (Lipinski definition) is 0. The molecule has 1 aromatic carbocycles. The van der Waals surface area contributed by atoms with E-state index in [4.69, 9.17) is 16.3 Å². The summed E-state index contributed by atoms with van der Waals surface area (Å²) in [6, 6.07) is 3.65. The van der Waals surface area contributed by atoms with Crippen LogP contribution in [0.15, 0.2) is 18.2 Å². The lowest BCUT2D eigenvalue weighted by Gasteiger charge is -2.35. The molecule has 1 amide bonds. The van der Waals surface area contributed by atoms with E-state index in [1.165, 1.54) is 35.4 Å². The second-order valence-electron chi connectivity index (χ2n) is 5.43. The van der Waals surface area contributed by atoms with Crippen LogP contribution in [0.4, 0.5) is 4.39 Å². The highest BCUT2D eigenvalue weighted by Gasteiger charge is 2.30. The van der Waals surface area contributed by atoms with E-state index >= 15 is 0 Å². The van der Waals surface area contributed by atoms with Gasteiger partial charge < -0.3 is 9.64 Å². The van der Waals surface area contributed by atoms with Crippen LogP contribution in [0.5, 0.6) is 5.75 Å². The number of benzene rings is 1. The lowest BCUT2D eigenvalue weighted by molar-refractivity contribution is -0.134. The summed E-state index contributed by atoms with van der Waals surface area (Å²) in [5.41, 5.74) is 0. The van der Waals surface area contributed by atoms with Gasteiger partial charge >= 0.3 is 0 Å². The molecule has 24 heavy (non-hydrogen) atoms. The zero-order chi connectivity index (χ0) is 17.9. The first kappa shape index (κ1) is 18.9. The van der Waals surface area contributed by atoms with E-state index < -0.39 is 16.0 Å². The Morgan fingerprint density at radius 1 is 1.29 bits per heavy atom. The van der Waals surface area contributed by atoms with Crippen molar-refractivity contribution in [3.8, 4) is 5.75 Å². The van der Waals surface area contributed by atoms with Gasteiger partial charge in [-0.25, -0.2) is 4.39 Å². The number of carbonyl (C=O) groups is 1. The molecule has 0 unspecified atom stereocenters. The van der Waals surface area contributed by atoms with Crippen LogP contribution in [-0.4, -0.2) is 74.7 Å². The minimum atomic E-state index is -3.47. The van der Waals surface area contributed by atoms with E-state index in [0.717, 1.165) is 10.4 Å². The fraction of sp³-hybridized carbons (Fsp3) is 0.500. The predicted molar refractivity (Wildman–Crippen MR) is 87.7 cm³/mol. The Morgan fingerprint density at radius 2 is 1.92 bits per heavy atom. The zero-order valence-corrected chi connectivity index (χ0v) is 15.0. The highest BCUT2D eigenvalue weighted by atomic mass is 35.5. The van der Waals surface area contributed by atoms with Crippen molar-refractivity contribution in [1.82, 2.24) is 13.5 Å². The Balaban J connectivity index is 1.87. The third-order valence-corrected chi connectivity index (χ3v) is 5.86. The molecule has 1 aliphatic rings. The zero-order valence-electron chi connectivity index (χ0n) is 13.4. The van der Waals surface area contributed by atoms with E-state index in [9.17, 15) is 17.6 Å². The number of piperazine rings is 1. The van der Waals surface area contributed by atoms with Gasteiger partial charge in [-0.1, -0.05) is 11.6 Å². The number of ether oxygens (including phenoxy) is 1. The van der Waals surface area contributed by atoms with Gasteiger partial charge in [0.25, 0.3) is 16.1 Å². The number of rotatable bonds is 5. The lowest BCUT2D eigenvalue weighted by atomic mass is 10.3. The predicted octanol–water partition coefficient (Wildman–Crippen LogP) is 0.809. The van der Waals surface area contributed by atoms with Gasteiger partial charge in [-0.3, -0.25) is 4.79 Å². The smallest absolute Gasteiger partial charge is 0.281 e. The maximum absolute atomic E-state index is 13.0. The van der Waals surface area contributed by atoms with E-state index in [0.29, 0.717) is 0 Å². The summed E-state index contributed by atoms with van der Waals surface area (Å²) >= 11 is 5.83. The first-order valence-electron chi connectivity index (χ1n) is 7.25. The van der Waals surface area contributed by atoms with Crippen LogP contribution >= 0.6 is 11.6 Å². The van der Waals surface area contributed by atoms with Gasteiger partial charge in [0.1, 0.15) is 11.6 Å². The van der Waals surface area contributed by atoms with Crippen molar-refractivity contribution in [2.75, 3.05) is 46.9 Å². The SMILES string of the molecule is CN(C)S(=O)(=O)N1CCN(C(=O)COc2ccc(F)cc2Cl)CC1. The van der Waals surface area contributed by atoms with Crippen molar-refractivity contribution in [3.05, 3.63) is 29.0 Å². The average Bonchev–Trinajstić information content (AvgIpc) is 2.53. The summed E-state index contributed by atoms with van der Waals surface area (Å²) in [5.74, 6) is -0.547. The van der Waals surface area contributed by atoms with Gasteiger partial charge in [0.2, 0.25) is 0 Å². The first-order valence-corrected chi connectivity index (χ1v) is 9.02. The molecule has 10 heteroatoms. The van der Waals surface area contributed by atoms with E-state index in [1.807, 2.05) is 0 Å². The molecule has 0 N–H and O–H groups in total. The number of halogens is 2. The molecule has 1 saturated heterocycles. The molecule has 0 bridgehead atoms. The molecule has 0 saturated carbocycles. The Hall–Kier alpha value is -1.42. The number of nitrogens with zero attached hydrogens (tertiary/aromatic N) is 3. The molecular formula is C14H19ClFN3O4S. The molecule has 2 rings (SSSR count). The summed E-state index contributed by atoms with van der Waals surface area (Å²) < 4.78 is 44.8. The molecule has 1 heterocycles. The van der Waals surface area contributed by atoms with Gasteiger partial charge in [0.05, 0.1) is 5.02 Å². The third-order valence-electron chi connectivity index (χ3n) is 3.62. The minimum Gasteiger partial charge on any atom is -0.482 e. The summed E-state index contributed by atoms with van der Waals surface area (Å²) in [7, 11) is -0.539. The van der Waals surface area contributed by atoms with Crippen LogP contribution in [0.2, 0.25) is 5.02 Å². The van der Waals surface area contributed by atoms with Crippen molar-refractivity contribution in [2.24, 2.45) is 0 Å². The van der Waals surface area contributed by atoms with Crippen LogP contribution in [0, 0.1) is 5.82 Å². The van der Waals surface area contributed by atoms with Crippen LogP contribution in [-0.2, 0) is 15.0 Å². The van der Waals surface area contributed by atoms with E-state index in [-0.39, 0.29) is 49.5 Å². The largest absolute Gasteiger partial charge is 0.482 e. The topological polar surface area (TPSA) is 70.2 Å². The van der Waals surface area contributed by atoms with Crippen LogP contribution < -0.4 is 4.74 Å². The number of carbonyl (C=O) groups excluding carboxylic acids is 1. The molecule has 1 aromatic rings. The Bertz CT molecular complexity index is 706. The standard InChI is InChI=1S/C14H19ClFN3O4S/c1-17(2)24(21,22)19-7-5-18(6-8-19)14(20)10-23-13-4-3-11(16)9-12(13)15/h3-4,9H,5-8,10H2,1-2H3. The Labute approximate surface area is 145 Å². The van der Waals surface area contributed by atoms with Crippen molar-refractivity contribution in [3.63, 3.8) is 0 Å². The van der Waals surface area contributed by atoms with E-state index in [2.05, 4.69) is 0 Å². The molecule has 134 valence electrons. The maximum atomic E-state index is 13.0. The van der Waals surface area contributed by atoms with Crippen LogP contribution in [0.1, 0.15) is 0 Å². The second kappa shape index (κ2) is 7.64.